The molecule has 0 saturated heterocycles. The molecule has 0 heterocycles. The Bertz CT molecular complexity index is 645. The van der Waals surface area contributed by atoms with Gasteiger partial charge in [0, 0.05) is 24.3 Å². The number of rotatable bonds is 5. The number of nitrogens with one attached hydrogen (secondary N) is 3. The van der Waals surface area contributed by atoms with Crippen LogP contribution < -0.4 is 16.0 Å². The summed E-state index contributed by atoms with van der Waals surface area (Å²) < 4.78 is 0. The van der Waals surface area contributed by atoms with Crippen molar-refractivity contribution in [2.45, 2.75) is 65.3 Å². The molecular formula is C20H29N3O3. The average Bonchev–Trinajstić information content (AvgIpc) is 2.84. The van der Waals surface area contributed by atoms with Crippen molar-refractivity contribution < 1.29 is 14.4 Å². The van der Waals surface area contributed by atoms with Crippen LogP contribution in [0.3, 0.4) is 0 Å². The molecule has 6 heteroatoms. The second kappa shape index (κ2) is 8.83. The topological polar surface area (TPSA) is 87.3 Å². The Balaban J connectivity index is 1.95. The van der Waals surface area contributed by atoms with Gasteiger partial charge in [0.05, 0.1) is 0 Å². The van der Waals surface area contributed by atoms with Crippen molar-refractivity contribution >= 4 is 29.1 Å². The highest BCUT2D eigenvalue weighted by Crippen LogP contribution is 2.23. The van der Waals surface area contributed by atoms with Crippen molar-refractivity contribution in [2.75, 3.05) is 10.6 Å². The average molecular weight is 359 g/mol. The van der Waals surface area contributed by atoms with E-state index < -0.39 is 5.41 Å². The number of carbonyl (C=O) groups is 3. The molecule has 0 aromatic heterocycles. The summed E-state index contributed by atoms with van der Waals surface area (Å²) in [6.45, 7) is 4.71. The summed E-state index contributed by atoms with van der Waals surface area (Å²) in [5.74, 6) is -0.745. The van der Waals surface area contributed by atoms with Crippen molar-refractivity contribution in [3.63, 3.8) is 0 Å². The van der Waals surface area contributed by atoms with E-state index in [4.69, 9.17) is 0 Å². The van der Waals surface area contributed by atoms with Crippen LogP contribution in [0.25, 0.3) is 0 Å². The van der Waals surface area contributed by atoms with Crippen LogP contribution in [0.2, 0.25) is 0 Å². The molecule has 0 radical (unpaired) electrons. The quantitative estimate of drug-likeness (QED) is 0.556. The minimum atomic E-state index is -1.16. The standard InChI is InChI=1S/C20H29N3O3/c1-14(24)21-16-10-12-17(13-11-16)23-19(26)20(2,3)18(25)22-15-8-6-4-5-7-9-15/h10-13,15H,4-9H2,1-3H3,(H,21,24)(H,22,25)(H,23,26). The molecule has 1 aliphatic rings. The highest BCUT2D eigenvalue weighted by molar-refractivity contribution is 6.10. The lowest BCUT2D eigenvalue weighted by Crippen LogP contribution is -2.48. The minimum absolute atomic E-state index is 0.155. The van der Waals surface area contributed by atoms with Crippen LogP contribution in [0, 0.1) is 5.41 Å². The normalized spacial score (nSPS) is 15.7. The first-order chi connectivity index (χ1) is 12.3. The van der Waals surface area contributed by atoms with Gasteiger partial charge in [0.15, 0.2) is 0 Å². The maximum absolute atomic E-state index is 12.6. The molecule has 0 bridgehead atoms. The summed E-state index contributed by atoms with van der Waals surface area (Å²) in [5, 5.41) is 8.50. The summed E-state index contributed by atoms with van der Waals surface area (Å²) in [6.07, 6.45) is 6.63. The molecule has 0 unspecified atom stereocenters. The Morgan fingerprint density at radius 1 is 0.846 bits per heavy atom. The second-order valence-electron chi connectivity index (χ2n) is 7.50. The van der Waals surface area contributed by atoms with E-state index in [1.807, 2.05) is 0 Å². The fourth-order valence-corrected chi connectivity index (χ4v) is 3.02. The number of hydrogen-bond donors (Lipinski definition) is 3. The Kier molecular flexibility index (Phi) is 6.77. The van der Waals surface area contributed by atoms with E-state index in [1.165, 1.54) is 19.8 Å². The van der Waals surface area contributed by atoms with E-state index in [9.17, 15) is 14.4 Å². The largest absolute Gasteiger partial charge is 0.352 e. The summed E-state index contributed by atoms with van der Waals surface area (Å²) in [7, 11) is 0. The molecular weight excluding hydrogens is 330 g/mol. The molecule has 2 rings (SSSR count). The molecule has 1 aromatic rings. The highest BCUT2D eigenvalue weighted by atomic mass is 16.2. The van der Waals surface area contributed by atoms with E-state index in [2.05, 4.69) is 16.0 Å². The molecule has 6 nitrogen and oxygen atoms in total. The van der Waals surface area contributed by atoms with E-state index in [0.717, 1.165) is 25.7 Å². The molecule has 0 aliphatic heterocycles. The third kappa shape index (κ3) is 5.58. The molecule has 1 aliphatic carbocycles. The van der Waals surface area contributed by atoms with Crippen LogP contribution in [0.15, 0.2) is 24.3 Å². The van der Waals surface area contributed by atoms with Gasteiger partial charge in [-0.05, 0) is 51.0 Å². The Morgan fingerprint density at radius 2 is 1.35 bits per heavy atom. The Morgan fingerprint density at radius 3 is 1.85 bits per heavy atom. The van der Waals surface area contributed by atoms with Crippen molar-refractivity contribution in [1.82, 2.24) is 5.32 Å². The van der Waals surface area contributed by atoms with Crippen LogP contribution >= 0.6 is 0 Å². The molecule has 0 spiro atoms. The van der Waals surface area contributed by atoms with E-state index >= 15 is 0 Å². The summed E-state index contributed by atoms with van der Waals surface area (Å²) in [5.41, 5.74) is 0.0723. The zero-order chi connectivity index (χ0) is 19.2. The minimum Gasteiger partial charge on any atom is -0.352 e. The lowest BCUT2D eigenvalue weighted by Gasteiger charge is -2.26. The first-order valence-corrected chi connectivity index (χ1v) is 9.29. The maximum atomic E-state index is 12.6. The van der Waals surface area contributed by atoms with Crippen molar-refractivity contribution in [3.05, 3.63) is 24.3 Å². The molecule has 3 amide bonds. The van der Waals surface area contributed by atoms with Gasteiger partial charge in [-0.15, -0.1) is 0 Å². The van der Waals surface area contributed by atoms with Crippen LogP contribution in [0.5, 0.6) is 0 Å². The number of amides is 3. The molecule has 1 fully saturated rings. The van der Waals surface area contributed by atoms with Gasteiger partial charge in [0.2, 0.25) is 17.7 Å². The summed E-state index contributed by atoms with van der Waals surface area (Å²) in [4.78, 5) is 36.3. The third-order valence-corrected chi connectivity index (χ3v) is 4.79. The predicted octanol–water partition coefficient (Wildman–Crippen LogP) is 3.45. The monoisotopic (exact) mass is 359 g/mol. The number of benzene rings is 1. The van der Waals surface area contributed by atoms with Gasteiger partial charge in [0.1, 0.15) is 5.41 Å². The lowest BCUT2D eigenvalue weighted by atomic mass is 9.90. The molecule has 0 atom stereocenters. The summed E-state index contributed by atoms with van der Waals surface area (Å²) in [6, 6.07) is 6.96. The zero-order valence-corrected chi connectivity index (χ0v) is 15.9. The van der Waals surface area contributed by atoms with Crippen LogP contribution in [-0.2, 0) is 14.4 Å². The first-order valence-electron chi connectivity index (χ1n) is 9.29. The maximum Gasteiger partial charge on any atom is 0.239 e. The van der Waals surface area contributed by atoms with Crippen molar-refractivity contribution in [3.8, 4) is 0 Å². The van der Waals surface area contributed by atoms with E-state index in [0.29, 0.717) is 11.4 Å². The lowest BCUT2D eigenvalue weighted by molar-refractivity contribution is -0.139. The molecule has 3 N–H and O–H groups in total. The fraction of sp³-hybridized carbons (Fsp3) is 0.550. The van der Waals surface area contributed by atoms with Gasteiger partial charge in [-0.1, -0.05) is 25.7 Å². The van der Waals surface area contributed by atoms with Gasteiger partial charge >= 0.3 is 0 Å². The van der Waals surface area contributed by atoms with Crippen LogP contribution in [0.1, 0.15) is 59.3 Å². The fourth-order valence-electron chi connectivity index (χ4n) is 3.02. The van der Waals surface area contributed by atoms with E-state index in [-0.39, 0.29) is 23.8 Å². The zero-order valence-electron chi connectivity index (χ0n) is 15.9. The Hall–Kier alpha value is -2.37. The second-order valence-corrected chi connectivity index (χ2v) is 7.50. The van der Waals surface area contributed by atoms with E-state index in [1.54, 1.807) is 38.1 Å². The first kappa shape index (κ1) is 19.9. The highest BCUT2D eigenvalue weighted by Gasteiger charge is 2.37. The van der Waals surface area contributed by atoms with Gasteiger partial charge in [-0.25, -0.2) is 0 Å². The molecule has 1 saturated carbocycles. The van der Waals surface area contributed by atoms with Crippen LogP contribution in [0.4, 0.5) is 11.4 Å². The third-order valence-electron chi connectivity index (χ3n) is 4.79. The number of anilines is 2. The predicted molar refractivity (Wildman–Crippen MR) is 103 cm³/mol. The van der Waals surface area contributed by atoms with Crippen molar-refractivity contribution in [1.29, 1.82) is 0 Å². The van der Waals surface area contributed by atoms with Gasteiger partial charge in [-0.3, -0.25) is 14.4 Å². The molecule has 142 valence electrons. The van der Waals surface area contributed by atoms with Crippen LogP contribution in [-0.4, -0.2) is 23.8 Å². The van der Waals surface area contributed by atoms with Gasteiger partial charge < -0.3 is 16.0 Å². The SMILES string of the molecule is CC(=O)Nc1ccc(NC(=O)C(C)(C)C(=O)NC2CCCCCC2)cc1. The smallest absolute Gasteiger partial charge is 0.239 e. The van der Waals surface area contributed by atoms with Gasteiger partial charge in [-0.2, -0.15) is 0 Å². The molecule has 26 heavy (non-hydrogen) atoms. The number of hydrogen-bond acceptors (Lipinski definition) is 3. The molecule has 1 aromatic carbocycles. The summed E-state index contributed by atoms with van der Waals surface area (Å²) >= 11 is 0. The number of carbonyl (C=O) groups excluding carboxylic acids is 3. The van der Waals surface area contributed by atoms with Gasteiger partial charge in [0.25, 0.3) is 0 Å². The van der Waals surface area contributed by atoms with Crippen molar-refractivity contribution in [2.24, 2.45) is 5.41 Å². The Labute approximate surface area is 155 Å².